The van der Waals surface area contributed by atoms with Gasteiger partial charge in [-0.25, -0.2) is 9.78 Å². The Hall–Kier alpha value is -2.32. The van der Waals surface area contributed by atoms with Crippen LogP contribution in [-0.4, -0.2) is 43.7 Å². The maximum absolute atomic E-state index is 12.0. The number of aliphatic imine (C=N–C) groups is 1. The molecule has 0 aliphatic heterocycles. The van der Waals surface area contributed by atoms with Crippen LogP contribution in [0.2, 0.25) is 5.02 Å². The lowest BCUT2D eigenvalue weighted by Gasteiger charge is -2.16. The van der Waals surface area contributed by atoms with Crippen molar-refractivity contribution >= 4 is 34.9 Å². The largest absolute Gasteiger partial charge is 0.492 e. The number of nitrogens with one attached hydrogen (secondary N) is 2. The van der Waals surface area contributed by atoms with Crippen LogP contribution < -0.4 is 15.4 Å². The molecule has 0 amide bonds. The SMILES string of the molecule is CCOC(=O)c1sc(C(C)NC(=NC)NCCOc2cccc(Cl)c2)nc1C. The van der Waals surface area contributed by atoms with E-state index in [0.717, 1.165) is 10.8 Å². The number of benzene rings is 1. The topological polar surface area (TPSA) is 84.8 Å². The maximum atomic E-state index is 12.0. The predicted molar refractivity (Wildman–Crippen MR) is 113 cm³/mol. The Labute approximate surface area is 174 Å². The third-order valence-corrected chi connectivity index (χ3v) is 5.24. The molecule has 0 aliphatic carbocycles. The number of carbonyl (C=O) groups excluding carboxylic acids is 1. The van der Waals surface area contributed by atoms with Crippen LogP contribution in [0.3, 0.4) is 0 Å². The van der Waals surface area contributed by atoms with Gasteiger partial charge in [0.05, 0.1) is 24.9 Å². The van der Waals surface area contributed by atoms with Crippen molar-refractivity contribution in [1.82, 2.24) is 15.6 Å². The second-order valence-electron chi connectivity index (χ2n) is 5.86. The molecule has 0 aliphatic rings. The third-order valence-electron chi connectivity index (χ3n) is 3.68. The van der Waals surface area contributed by atoms with E-state index in [2.05, 4.69) is 20.6 Å². The number of aromatic nitrogens is 1. The summed E-state index contributed by atoms with van der Waals surface area (Å²) in [5, 5.41) is 7.87. The Bertz CT molecular complexity index is 825. The molecule has 2 aromatic rings. The fraction of sp³-hybridized carbons (Fsp3) is 0.421. The molecule has 9 heteroatoms. The predicted octanol–water partition coefficient (Wildman–Crippen LogP) is 3.59. The summed E-state index contributed by atoms with van der Waals surface area (Å²) < 4.78 is 10.7. The van der Waals surface area contributed by atoms with E-state index >= 15 is 0 Å². The molecule has 7 nitrogen and oxygen atoms in total. The number of aryl methyl sites for hydroxylation is 1. The minimum atomic E-state index is -0.336. The van der Waals surface area contributed by atoms with Gasteiger partial charge < -0.3 is 20.1 Å². The molecule has 1 heterocycles. The number of carbonyl (C=O) groups is 1. The highest BCUT2D eigenvalue weighted by Gasteiger charge is 2.20. The Morgan fingerprint density at radius 3 is 2.89 bits per heavy atom. The fourth-order valence-electron chi connectivity index (χ4n) is 2.35. The van der Waals surface area contributed by atoms with E-state index in [9.17, 15) is 4.79 Å². The molecule has 1 unspecified atom stereocenters. The highest BCUT2D eigenvalue weighted by Crippen LogP contribution is 2.24. The molecule has 0 radical (unpaired) electrons. The van der Waals surface area contributed by atoms with Crippen LogP contribution in [0.25, 0.3) is 0 Å². The summed E-state index contributed by atoms with van der Waals surface area (Å²) in [7, 11) is 1.69. The van der Waals surface area contributed by atoms with Crippen molar-refractivity contribution in [2.24, 2.45) is 4.99 Å². The number of nitrogens with zero attached hydrogens (tertiary/aromatic N) is 2. The van der Waals surface area contributed by atoms with Crippen LogP contribution in [0.1, 0.15) is 40.3 Å². The number of thiazole rings is 1. The first-order valence-corrected chi connectivity index (χ1v) is 10.1. The lowest BCUT2D eigenvalue weighted by atomic mass is 10.3. The summed E-state index contributed by atoms with van der Waals surface area (Å²) in [5.74, 6) is 1.000. The Kier molecular flexibility index (Phi) is 8.53. The van der Waals surface area contributed by atoms with Crippen molar-refractivity contribution in [3.63, 3.8) is 0 Å². The van der Waals surface area contributed by atoms with Gasteiger partial charge in [0.2, 0.25) is 0 Å². The summed E-state index contributed by atoms with van der Waals surface area (Å²) in [6, 6.07) is 7.14. The number of hydrogen-bond acceptors (Lipinski definition) is 6. The van der Waals surface area contributed by atoms with Gasteiger partial charge in [-0.1, -0.05) is 17.7 Å². The lowest BCUT2D eigenvalue weighted by molar-refractivity contribution is 0.0531. The van der Waals surface area contributed by atoms with Crippen LogP contribution in [0.4, 0.5) is 0 Å². The molecule has 1 aromatic heterocycles. The van der Waals surface area contributed by atoms with E-state index in [4.69, 9.17) is 21.1 Å². The molecule has 0 saturated carbocycles. The van der Waals surface area contributed by atoms with E-state index in [1.54, 1.807) is 33.0 Å². The first-order chi connectivity index (χ1) is 13.4. The second-order valence-corrected chi connectivity index (χ2v) is 7.33. The molecular weight excluding hydrogens is 400 g/mol. The highest BCUT2D eigenvalue weighted by molar-refractivity contribution is 7.13. The molecule has 0 spiro atoms. The van der Waals surface area contributed by atoms with Gasteiger partial charge in [-0.05, 0) is 39.0 Å². The van der Waals surface area contributed by atoms with Gasteiger partial charge in [-0.15, -0.1) is 11.3 Å². The van der Waals surface area contributed by atoms with Crippen molar-refractivity contribution in [3.05, 3.63) is 44.9 Å². The average molecular weight is 425 g/mol. The molecule has 0 fully saturated rings. The zero-order chi connectivity index (χ0) is 20.5. The molecule has 2 rings (SSSR count). The third kappa shape index (κ3) is 6.38. The number of esters is 1. The van der Waals surface area contributed by atoms with E-state index < -0.39 is 0 Å². The van der Waals surface area contributed by atoms with E-state index in [-0.39, 0.29) is 12.0 Å². The summed E-state index contributed by atoms with van der Waals surface area (Å²) in [6.07, 6.45) is 0. The summed E-state index contributed by atoms with van der Waals surface area (Å²) in [5.41, 5.74) is 0.671. The standard InChI is InChI=1S/C19H25ClN4O3S/c1-5-26-18(25)16-12(2)23-17(28-16)13(3)24-19(21-4)22-9-10-27-15-8-6-7-14(20)11-15/h6-8,11,13H,5,9-10H2,1-4H3,(H2,21,22,24). The number of hydrogen-bond donors (Lipinski definition) is 2. The van der Waals surface area contributed by atoms with Crippen LogP contribution in [-0.2, 0) is 4.74 Å². The van der Waals surface area contributed by atoms with Gasteiger partial charge in [-0.3, -0.25) is 4.99 Å². The van der Waals surface area contributed by atoms with Crippen molar-refractivity contribution in [3.8, 4) is 5.75 Å². The Balaban J connectivity index is 1.85. The second kappa shape index (κ2) is 10.9. The van der Waals surface area contributed by atoms with E-state index in [1.165, 1.54) is 11.3 Å². The number of halogens is 1. The first-order valence-electron chi connectivity index (χ1n) is 8.94. The summed E-state index contributed by atoms with van der Waals surface area (Å²) >= 11 is 7.26. The number of rotatable bonds is 8. The molecule has 0 saturated heterocycles. The summed E-state index contributed by atoms with van der Waals surface area (Å²) in [6.45, 7) is 6.91. The minimum absolute atomic E-state index is 0.119. The van der Waals surface area contributed by atoms with Gasteiger partial charge in [-0.2, -0.15) is 0 Å². The van der Waals surface area contributed by atoms with Gasteiger partial charge in [0, 0.05) is 12.1 Å². The van der Waals surface area contributed by atoms with Gasteiger partial charge in [0.1, 0.15) is 22.2 Å². The van der Waals surface area contributed by atoms with Gasteiger partial charge >= 0.3 is 5.97 Å². The molecule has 0 bridgehead atoms. The number of guanidine groups is 1. The maximum Gasteiger partial charge on any atom is 0.350 e. The van der Waals surface area contributed by atoms with E-state index in [0.29, 0.717) is 41.3 Å². The lowest BCUT2D eigenvalue weighted by Crippen LogP contribution is -2.40. The minimum Gasteiger partial charge on any atom is -0.492 e. The molecule has 1 atom stereocenters. The number of ether oxygens (including phenoxy) is 2. The monoisotopic (exact) mass is 424 g/mol. The fourth-order valence-corrected chi connectivity index (χ4v) is 3.49. The van der Waals surface area contributed by atoms with E-state index in [1.807, 2.05) is 19.1 Å². The smallest absolute Gasteiger partial charge is 0.350 e. The highest BCUT2D eigenvalue weighted by atomic mass is 35.5. The van der Waals surface area contributed by atoms with Crippen LogP contribution in [0, 0.1) is 6.92 Å². The van der Waals surface area contributed by atoms with Crippen molar-refractivity contribution in [2.45, 2.75) is 26.8 Å². The first kappa shape index (κ1) is 22.0. The van der Waals surface area contributed by atoms with Crippen LogP contribution in [0.15, 0.2) is 29.3 Å². The van der Waals surface area contributed by atoms with Crippen LogP contribution in [0.5, 0.6) is 5.75 Å². The van der Waals surface area contributed by atoms with Crippen LogP contribution >= 0.6 is 22.9 Å². The molecular formula is C19H25ClN4O3S. The Morgan fingerprint density at radius 2 is 2.21 bits per heavy atom. The summed E-state index contributed by atoms with van der Waals surface area (Å²) in [4.78, 5) is 21.2. The molecule has 28 heavy (non-hydrogen) atoms. The van der Waals surface area contributed by atoms with Crippen molar-refractivity contribution in [1.29, 1.82) is 0 Å². The average Bonchev–Trinajstić information content (AvgIpc) is 3.06. The quantitative estimate of drug-likeness (QED) is 0.291. The Morgan fingerprint density at radius 1 is 1.43 bits per heavy atom. The van der Waals surface area contributed by atoms with Gasteiger partial charge in [0.15, 0.2) is 5.96 Å². The normalized spacial score (nSPS) is 12.4. The molecule has 152 valence electrons. The molecule has 1 aromatic carbocycles. The molecule has 2 N–H and O–H groups in total. The van der Waals surface area contributed by atoms with Crippen molar-refractivity contribution < 1.29 is 14.3 Å². The zero-order valence-corrected chi connectivity index (χ0v) is 18.0. The zero-order valence-electron chi connectivity index (χ0n) is 16.4. The van der Waals surface area contributed by atoms with Crippen molar-refractivity contribution in [2.75, 3.05) is 26.8 Å². The van der Waals surface area contributed by atoms with Gasteiger partial charge in [0.25, 0.3) is 0 Å².